The molecule has 254 valence electrons. The number of aryl methyl sites for hydroxylation is 2. The summed E-state index contributed by atoms with van der Waals surface area (Å²) >= 11 is 0.960. The van der Waals surface area contributed by atoms with Crippen LogP contribution in [0.1, 0.15) is 32.9 Å². The number of nitrogens with two attached hydrogens (primary N) is 2. The lowest BCUT2D eigenvalue weighted by atomic mass is 9.84. The van der Waals surface area contributed by atoms with Crippen molar-refractivity contribution in [3.8, 4) is 16.9 Å². The summed E-state index contributed by atoms with van der Waals surface area (Å²) in [6.07, 6.45) is 4.79. The SMILES string of the molecule is C[n+]1cc(-c2ccc(OCC(C)(O/N=C(\C(=O)N[C@@H]3C(=O)N(OS(=O)(=O)O)C3(C)C)c3csc(N)n3)C(=O)O)cc2)cn1CCCN. The van der Waals surface area contributed by atoms with Crippen molar-refractivity contribution in [3.63, 3.8) is 0 Å². The normalized spacial score (nSPS) is 17.5. The van der Waals surface area contributed by atoms with Crippen molar-refractivity contribution in [1.29, 1.82) is 0 Å². The molecule has 1 aliphatic rings. The molecule has 0 bridgehead atoms. The number of nitrogen functional groups attached to an aromatic ring is 1. The van der Waals surface area contributed by atoms with E-state index in [1.807, 2.05) is 40.9 Å². The van der Waals surface area contributed by atoms with Gasteiger partial charge in [-0.05, 0) is 51.4 Å². The van der Waals surface area contributed by atoms with Crippen molar-refractivity contribution in [1.82, 2.24) is 20.0 Å². The second kappa shape index (κ2) is 13.6. The van der Waals surface area contributed by atoms with Gasteiger partial charge in [0.15, 0.2) is 17.9 Å². The van der Waals surface area contributed by atoms with Gasteiger partial charge in [-0.15, -0.1) is 20.3 Å². The molecule has 0 saturated carbocycles. The summed E-state index contributed by atoms with van der Waals surface area (Å²) in [5.74, 6) is -3.14. The zero-order valence-electron chi connectivity index (χ0n) is 25.8. The van der Waals surface area contributed by atoms with Crippen LogP contribution in [0, 0.1) is 0 Å². The molecule has 2 amide bonds. The minimum Gasteiger partial charge on any atom is -0.489 e. The second-order valence-corrected chi connectivity index (χ2v) is 13.1. The molecule has 0 spiro atoms. The molecule has 0 radical (unpaired) electrons. The monoisotopic (exact) mass is 695 g/mol. The molecule has 2 aromatic heterocycles. The summed E-state index contributed by atoms with van der Waals surface area (Å²) in [6.45, 7) is 4.73. The van der Waals surface area contributed by atoms with Gasteiger partial charge < -0.3 is 31.5 Å². The first kappa shape index (κ1) is 35.2. The number of aliphatic carboxylic acids is 1. The lowest BCUT2D eigenvalue weighted by Gasteiger charge is -2.50. The molecule has 47 heavy (non-hydrogen) atoms. The fraction of sp³-hybridized carbons (Fsp3) is 0.407. The molecular weight excluding hydrogens is 660 g/mol. The molecule has 4 rings (SSSR count). The zero-order chi connectivity index (χ0) is 34.7. The molecule has 1 saturated heterocycles. The largest absolute Gasteiger partial charge is 0.489 e. The first-order valence-corrected chi connectivity index (χ1v) is 16.2. The van der Waals surface area contributed by atoms with Gasteiger partial charge in [0.1, 0.15) is 24.1 Å². The summed E-state index contributed by atoms with van der Waals surface area (Å²) in [5.41, 5.74) is 9.05. The van der Waals surface area contributed by atoms with Crippen LogP contribution in [-0.4, -0.2) is 86.6 Å². The van der Waals surface area contributed by atoms with Crippen LogP contribution >= 0.6 is 11.3 Å². The Hall–Kier alpha value is -4.63. The van der Waals surface area contributed by atoms with E-state index in [-0.39, 0.29) is 10.8 Å². The van der Waals surface area contributed by atoms with Gasteiger partial charge in [-0.25, -0.2) is 9.78 Å². The van der Waals surface area contributed by atoms with Crippen molar-refractivity contribution in [3.05, 3.63) is 47.7 Å². The van der Waals surface area contributed by atoms with E-state index in [0.29, 0.717) is 17.4 Å². The molecule has 3 aromatic rings. The van der Waals surface area contributed by atoms with E-state index in [2.05, 4.69) is 19.7 Å². The number of rotatable bonds is 15. The van der Waals surface area contributed by atoms with E-state index in [4.69, 9.17) is 25.6 Å². The molecule has 3 heterocycles. The fourth-order valence-corrected chi connectivity index (χ4v) is 5.45. The maximum atomic E-state index is 13.3. The molecule has 7 N–H and O–H groups in total. The first-order chi connectivity index (χ1) is 21.9. The van der Waals surface area contributed by atoms with E-state index >= 15 is 0 Å². The highest BCUT2D eigenvalue weighted by molar-refractivity contribution is 7.80. The van der Waals surface area contributed by atoms with E-state index in [1.54, 1.807) is 12.1 Å². The molecule has 1 aromatic carbocycles. The summed E-state index contributed by atoms with van der Waals surface area (Å²) in [7, 11) is -3.10. The average Bonchev–Trinajstić information content (AvgIpc) is 3.60. The summed E-state index contributed by atoms with van der Waals surface area (Å²) in [4.78, 5) is 47.5. The van der Waals surface area contributed by atoms with Crippen molar-refractivity contribution in [2.24, 2.45) is 17.9 Å². The molecule has 1 unspecified atom stereocenters. The number of amides is 2. The number of carbonyl (C=O) groups excluding carboxylic acids is 2. The first-order valence-electron chi connectivity index (χ1n) is 14.0. The predicted octanol–water partition coefficient (Wildman–Crippen LogP) is -0.150. The molecule has 20 heteroatoms. The standard InChI is InChI=1S/C27H34N8O10S2/c1-26(2)21(23(37)35(26)45-47(40,41)42)31-22(36)20(19-14-46-25(29)30-19)32-44-27(3,24(38)39)15-43-18-8-6-16(7-9-18)17-12-33(4)34(13-17)11-5-10-28/h6-9,12-14,21H,5,10-11,15,28H2,1-4H3,(H4-,29,30,31,36,38,39,40,41,42)/p+1/b32-20-/t21-,27?/m1/s1. The highest BCUT2D eigenvalue weighted by atomic mass is 32.3. The van der Waals surface area contributed by atoms with Crippen LogP contribution < -0.4 is 26.2 Å². The van der Waals surface area contributed by atoms with Crippen LogP contribution in [0.4, 0.5) is 5.13 Å². The van der Waals surface area contributed by atoms with Crippen LogP contribution in [-0.2, 0) is 47.5 Å². The van der Waals surface area contributed by atoms with Crippen molar-refractivity contribution in [2.75, 3.05) is 18.9 Å². The second-order valence-electron chi connectivity index (χ2n) is 11.2. The Balaban J connectivity index is 1.49. The van der Waals surface area contributed by atoms with E-state index in [9.17, 15) is 27.9 Å². The van der Waals surface area contributed by atoms with Crippen LogP contribution in [0.5, 0.6) is 5.75 Å². The number of ether oxygens (including phenoxy) is 1. The van der Waals surface area contributed by atoms with Crippen LogP contribution in [0.15, 0.2) is 47.2 Å². The van der Waals surface area contributed by atoms with E-state index in [1.165, 1.54) is 26.2 Å². The van der Waals surface area contributed by atoms with E-state index < -0.39 is 57.7 Å². The number of nitrogens with one attached hydrogen (secondary N) is 1. The van der Waals surface area contributed by atoms with Gasteiger partial charge in [-0.2, -0.15) is 18.2 Å². The molecule has 18 nitrogen and oxygen atoms in total. The number of carboxylic acid groups (broad SMARTS) is 1. The number of oxime groups is 1. The van der Waals surface area contributed by atoms with Gasteiger partial charge in [0.05, 0.1) is 23.8 Å². The number of aromatic nitrogens is 3. The molecule has 1 aliphatic heterocycles. The van der Waals surface area contributed by atoms with Gasteiger partial charge in [-0.3, -0.25) is 14.1 Å². The number of benzene rings is 1. The topological polar surface area (TPSA) is 255 Å². The number of nitrogens with zero attached hydrogens (tertiary/aromatic N) is 5. The third-order valence-electron chi connectivity index (χ3n) is 7.20. The number of anilines is 1. The van der Waals surface area contributed by atoms with Crippen molar-refractivity contribution < 1.29 is 51.0 Å². The molecule has 0 aliphatic carbocycles. The Morgan fingerprint density at radius 1 is 1.26 bits per heavy atom. The Bertz CT molecular complexity index is 1790. The maximum Gasteiger partial charge on any atom is 0.418 e. The summed E-state index contributed by atoms with van der Waals surface area (Å²) in [6, 6.07) is 5.63. The highest BCUT2D eigenvalue weighted by Gasteiger charge is 2.58. The quantitative estimate of drug-likeness (QED) is 0.0456. The molecule has 1 fully saturated rings. The predicted molar refractivity (Wildman–Crippen MR) is 166 cm³/mol. The fourth-order valence-electron chi connectivity index (χ4n) is 4.44. The number of hydrogen-bond acceptors (Lipinski definition) is 13. The lowest BCUT2D eigenvalue weighted by Crippen LogP contribution is -2.76. The maximum absolute atomic E-state index is 13.3. The highest BCUT2D eigenvalue weighted by Crippen LogP contribution is 2.33. The summed E-state index contributed by atoms with van der Waals surface area (Å²) in [5, 5.41) is 17.9. The zero-order valence-corrected chi connectivity index (χ0v) is 27.4. The van der Waals surface area contributed by atoms with Crippen LogP contribution in [0.2, 0.25) is 0 Å². The van der Waals surface area contributed by atoms with Gasteiger partial charge in [0, 0.05) is 5.38 Å². The number of β-lactam (4-membered cyclic amide) rings is 1. The Kier molecular flexibility index (Phi) is 10.2. The summed E-state index contributed by atoms with van der Waals surface area (Å²) < 4.78 is 45.2. The van der Waals surface area contributed by atoms with E-state index in [0.717, 1.165) is 35.4 Å². The average molecular weight is 696 g/mol. The van der Waals surface area contributed by atoms with Crippen LogP contribution in [0.25, 0.3) is 11.1 Å². The molecular formula is C27H35N8O10S2+. The van der Waals surface area contributed by atoms with Crippen LogP contribution in [0.3, 0.4) is 0 Å². The molecule has 2 atom stereocenters. The third kappa shape index (κ3) is 8.03. The smallest absolute Gasteiger partial charge is 0.418 e. The van der Waals surface area contributed by atoms with Gasteiger partial charge in [0.2, 0.25) is 6.20 Å². The van der Waals surface area contributed by atoms with Gasteiger partial charge >= 0.3 is 16.4 Å². The Labute approximate surface area is 273 Å². The minimum atomic E-state index is -5.02. The number of hydroxylamine groups is 2. The third-order valence-corrected chi connectivity index (χ3v) is 8.22. The Morgan fingerprint density at radius 3 is 2.49 bits per heavy atom. The number of carboxylic acids is 1. The Morgan fingerprint density at radius 2 is 1.94 bits per heavy atom. The van der Waals surface area contributed by atoms with Crippen molar-refractivity contribution in [2.45, 2.75) is 50.9 Å². The van der Waals surface area contributed by atoms with Gasteiger partial charge in [-0.1, -0.05) is 17.3 Å². The van der Waals surface area contributed by atoms with Crippen molar-refractivity contribution >= 4 is 50.4 Å². The number of thiazole rings is 1. The van der Waals surface area contributed by atoms with Gasteiger partial charge in [0.25, 0.3) is 17.4 Å². The number of carbonyl (C=O) groups is 3. The lowest BCUT2D eigenvalue weighted by molar-refractivity contribution is -0.753. The minimum absolute atomic E-state index is 0.0573. The number of hydrogen-bond donors (Lipinski definition) is 5.